The van der Waals surface area contributed by atoms with Crippen LogP contribution in [-0.2, 0) is 14.3 Å². The van der Waals surface area contributed by atoms with Crippen molar-refractivity contribution in [1.82, 2.24) is 9.80 Å². The van der Waals surface area contributed by atoms with Crippen molar-refractivity contribution < 1.29 is 14.3 Å². The van der Waals surface area contributed by atoms with Crippen molar-refractivity contribution >= 4 is 5.91 Å². The third-order valence-electron chi connectivity index (χ3n) is 3.18. The monoisotopic (exact) mass is 259 g/mol. The van der Waals surface area contributed by atoms with E-state index >= 15 is 0 Å². The fraction of sp³-hybridized carbons (Fsp3) is 0.917. The van der Waals surface area contributed by atoms with E-state index in [1.165, 1.54) is 0 Å². The summed E-state index contributed by atoms with van der Waals surface area (Å²) in [6, 6.07) is -0.541. The number of nitrogens with zero attached hydrogens (tertiary/aromatic N) is 2. The largest absolute Gasteiger partial charge is 0.383 e. The molecular weight excluding hydrogens is 234 g/mol. The number of hydrogen-bond donors (Lipinski definition) is 1. The summed E-state index contributed by atoms with van der Waals surface area (Å²) in [4.78, 5) is 16.2. The Morgan fingerprint density at radius 3 is 2.67 bits per heavy atom. The van der Waals surface area contributed by atoms with Crippen molar-refractivity contribution in [3.63, 3.8) is 0 Å². The van der Waals surface area contributed by atoms with E-state index in [0.717, 1.165) is 45.8 Å². The Morgan fingerprint density at radius 2 is 2.00 bits per heavy atom. The fourth-order valence-electron chi connectivity index (χ4n) is 2.12. The lowest BCUT2D eigenvalue weighted by Crippen LogP contribution is -2.47. The maximum absolute atomic E-state index is 12.0. The van der Waals surface area contributed by atoms with Crippen molar-refractivity contribution in [2.75, 3.05) is 60.2 Å². The molecule has 6 heteroatoms. The van der Waals surface area contributed by atoms with Gasteiger partial charge in [0.05, 0.1) is 13.2 Å². The number of rotatable bonds is 6. The third kappa shape index (κ3) is 4.89. The second-order valence-electron chi connectivity index (χ2n) is 4.58. The first-order valence-corrected chi connectivity index (χ1v) is 6.43. The van der Waals surface area contributed by atoms with Crippen molar-refractivity contribution in [1.29, 1.82) is 0 Å². The van der Waals surface area contributed by atoms with Crippen molar-refractivity contribution in [3.05, 3.63) is 0 Å². The zero-order valence-electron chi connectivity index (χ0n) is 11.4. The highest BCUT2D eigenvalue weighted by Crippen LogP contribution is 2.04. The quantitative estimate of drug-likeness (QED) is 0.672. The van der Waals surface area contributed by atoms with Crippen LogP contribution < -0.4 is 5.73 Å². The number of carbonyl (C=O) groups excluding carboxylic acids is 1. The van der Waals surface area contributed by atoms with Crippen LogP contribution in [0.15, 0.2) is 0 Å². The lowest BCUT2D eigenvalue weighted by atomic mass is 10.2. The molecule has 1 atom stereocenters. The molecule has 1 amide bonds. The van der Waals surface area contributed by atoms with Gasteiger partial charge in [-0.25, -0.2) is 0 Å². The number of amides is 1. The fourth-order valence-corrected chi connectivity index (χ4v) is 2.12. The van der Waals surface area contributed by atoms with Gasteiger partial charge in [0.2, 0.25) is 5.91 Å². The highest BCUT2D eigenvalue weighted by Gasteiger charge is 2.23. The van der Waals surface area contributed by atoms with Crippen LogP contribution in [0.4, 0.5) is 0 Å². The summed E-state index contributed by atoms with van der Waals surface area (Å²) in [5.41, 5.74) is 5.77. The molecule has 1 unspecified atom stereocenters. The van der Waals surface area contributed by atoms with E-state index in [2.05, 4.69) is 4.90 Å². The second kappa shape index (κ2) is 8.42. The van der Waals surface area contributed by atoms with Crippen LogP contribution in [0.2, 0.25) is 0 Å². The van der Waals surface area contributed by atoms with E-state index in [4.69, 9.17) is 15.2 Å². The molecule has 2 N–H and O–H groups in total. The zero-order valence-corrected chi connectivity index (χ0v) is 11.4. The van der Waals surface area contributed by atoms with Gasteiger partial charge in [-0.3, -0.25) is 9.69 Å². The Morgan fingerprint density at radius 1 is 1.22 bits per heavy atom. The maximum Gasteiger partial charge on any atom is 0.241 e. The lowest BCUT2D eigenvalue weighted by Gasteiger charge is -2.24. The van der Waals surface area contributed by atoms with E-state index in [9.17, 15) is 4.79 Å². The molecule has 1 heterocycles. The molecule has 1 aliphatic heterocycles. The van der Waals surface area contributed by atoms with Gasteiger partial charge in [0.25, 0.3) is 0 Å². The molecule has 0 aliphatic carbocycles. The number of hydrogen-bond acceptors (Lipinski definition) is 5. The molecular formula is C12H25N3O3. The predicted molar refractivity (Wildman–Crippen MR) is 69.4 cm³/mol. The molecule has 0 spiro atoms. The van der Waals surface area contributed by atoms with Crippen LogP contribution >= 0.6 is 0 Å². The van der Waals surface area contributed by atoms with Gasteiger partial charge in [0.1, 0.15) is 6.04 Å². The van der Waals surface area contributed by atoms with Crippen LogP contribution in [0.5, 0.6) is 0 Å². The Kier molecular flexibility index (Phi) is 7.19. The zero-order chi connectivity index (χ0) is 13.4. The van der Waals surface area contributed by atoms with Gasteiger partial charge in [0, 0.05) is 40.4 Å². The molecule has 0 aromatic carbocycles. The highest BCUT2D eigenvalue weighted by atomic mass is 16.5. The Bertz CT molecular complexity index is 251. The van der Waals surface area contributed by atoms with E-state index < -0.39 is 6.04 Å². The third-order valence-corrected chi connectivity index (χ3v) is 3.18. The number of methoxy groups -OCH3 is 2. The summed E-state index contributed by atoms with van der Waals surface area (Å²) in [6.45, 7) is 5.34. The van der Waals surface area contributed by atoms with Crippen LogP contribution in [0.3, 0.4) is 0 Å². The normalized spacial score (nSPS) is 19.6. The highest BCUT2D eigenvalue weighted by molar-refractivity contribution is 5.81. The van der Waals surface area contributed by atoms with Gasteiger partial charge < -0.3 is 20.1 Å². The van der Waals surface area contributed by atoms with Crippen LogP contribution in [0.1, 0.15) is 6.42 Å². The van der Waals surface area contributed by atoms with E-state index in [1.54, 1.807) is 14.2 Å². The molecule has 0 radical (unpaired) electrons. The van der Waals surface area contributed by atoms with Gasteiger partial charge in [-0.05, 0) is 13.0 Å². The average molecular weight is 259 g/mol. The average Bonchev–Trinajstić information content (AvgIpc) is 2.61. The minimum absolute atomic E-state index is 0.00885. The molecule has 0 aromatic heterocycles. The standard InChI is InChI=1S/C12H25N3O3/c1-17-9-8-14-4-3-5-15(7-6-14)12(16)11(13)10-18-2/h11H,3-10,13H2,1-2H3. The molecule has 1 rings (SSSR count). The predicted octanol–water partition coefficient (Wildman–Crippen LogP) is -0.859. The van der Waals surface area contributed by atoms with E-state index in [-0.39, 0.29) is 12.5 Å². The Hall–Kier alpha value is -0.690. The SMILES string of the molecule is COCCN1CCCN(C(=O)C(N)COC)CC1. The van der Waals surface area contributed by atoms with E-state index in [1.807, 2.05) is 4.90 Å². The van der Waals surface area contributed by atoms with Crippen molar-refractivity contribution in [2.24, 2.45) is 5.73 Å². The summed E-state index contributed by atoms with van der Waals surface area (Å²) in [5.74, 6) is -0.00885. The van der Waals surface area contributed by atoms with Crippen LogP contribution in [0, 0.1) is 0 Å². The topological polar surface area (TPSA) is 68.0 Å². The summed E-state index contributed by atoms with van der Waals surface area (Å²) >= 11 is 0. The van der Waals surface area contributed by atoms with Crippen LogP contribution in [-0.4, -0.2) is 81.9 Å². The molecule has 1 fully saturated rings. The number of ether oxygens (including phenoxy) is 2. The molecule has 0 bridgehead atoms. The molecule has 6 nitrogen and oxygen atoms in total. The van der Waals surface area contributed by atoms with E-state index in [0.29, 0.717) is 0 Å². The van der Waals surface area contributed by atoms with Gasteiger partial charge in [0.15, 0.2) is 0 Å². The number of carbonyl (C=O) groups is 1. The second-order valence-corrected chi connectivity index (χ2v) is 4.58. The Balaban J connectivity index is 2.38. The smallest absolute Gasteiger partial charge is 0.241 e. The summed E-state index contributed by atoms with van der Waals surface area (Å²) in [5, 5.41) is 0. The van der Waals surface area contributed by atoms with Gasteiger partial charge in [-0.2, -0.15) is 0 Å². The lowest BCUT2D eigenvalue weighted by molar-refractivity contribution is -0.133. The minimum atomic E-state index is -0.541. The summed E-state index contributed by atoms with van der Waals surface area (Å²) in [7, 11) is 3.26. The first-order chi connectivity index (χ1) is 8.69. The maximum atomic E-state index is 12.0. The van der Waals surface area contributed by atoms with Gasteiger partial charge >= 0.3 is 0 Å². The molecule has 0 saturated carbocycles. The number of nitrogens with two attached hydrogens (primary N) is 1. The van der Waals surface area contributed by atoms with Crippen molar-refractivity contribution in [3.8, 4) is 0 Å². The molecule has 18 heavy (non-hydrogen) atoms. The first-order valence-electron chi connectivity index (χ1n) is 6.43. The van der Waals surface area contributed by atoms with Gasteiger partial charge in [-0.15, -0.1) is 0 Å². The molecule has 0 aromatic rings. The summed E-state index contributed by atoms with van der Waals surface area (Å²) in [6.07, 6.45) is 0.981. The Labute approximate surface area is 109 Å². The summed E-state index contributed by atoms with van der Waals surface area (Å²) < 4.78 is 9.99. The minimum Gasteiger partial charge on any atom is -0.383 e. The molecule has 1 saturated heterocycles. The molecule has 106 valence electrons. The van der Waals surface area contributed by atoms with Crippen molar-refractivity contribution in [2.45, 2.75) is 12.5 Å². The van der Waals surface area contributed by atoms with Crippen LogP contribution in [0.25, 0.3) is 0 Å². The van der Waals surface area contributed by atoms with Gasteiger partial charge in [-0.1, -0.05) is 0 Å². The first kappa shape index (κ1) is 15.4. The molecule has 1 aliphatic rings.